The van der Waals surface area contributed by atoms with Crippen molar-refractivity contribution in [2.75, 3.05) is 26.4 Å². The fraction of sp³-hybridized carbons (Fsp3) is 0.643. The van der Waals surface area contributed by atoms with E-state index < -0.39 is 0 Å². The van der Waals surface area contributed by atoms with Crippen molar-refractivity contribution < 1.29 is 14.3 Å². The highest BCUT2D eigenvalue weighted by Gasteiger charge is 2.47. The molecule has 104 valence electrons. The topological polar surface area (TPSA) is 38.8 Å². The van der Waals surface area contributed by atoms with Crippen LogP contribution >= 0.6 is 11.3 Å². The molecule has 1 amide bonds. The molecule has 3 rings (SSSR count). The molecule has 0 radical (unpaired) electrons. The fourth-order valence-electron chi connectivity index (χ4n) is 3.05. The smallest absolute Gasteiger partial charge is 0.227 e. The number of hydrogen-bond acceptors (Lipinski definition) is 4. The van der Waals surface area contributed by atoms with Crippen LogP contribution in [0.3, 0.4) is 0 Å². The van der Waals surface area contributed by atoms with E-state index in [1.54, 1.807) is 11.3 Å². The van der Waals surface area contributed by atoms with Crippen molar-refractivity contribution in [1.29, 1.82) is 0 Å². The molecule has 0 unspecified atom stereocenters. The molecule has 0 bridgehead atoms. The van der Waals surface area contributed by atoms with Crippen LogP contribution in [0.4, 0.5) is 0 Å². The van der Waals surface area contributed by atoms with E-state index in [1.165, 1.54) is 0 Å². The number of nitrogens with zero attached hydrogens (tertiary/aromatic N) is 1. The zero-order valence-electron chi connectivity index (χ0n) is 11.1. The van der Waals surface area contributed by atoms with Gasteiger partial charge in [0.2, 0.25) is 5.91 Å². The summed E-state index contributed by atoms with van der Waals surface area (Å²) in [6.07, 6.45) is 0.634. The minimum Gasteiger partial charge on any atom is -0.379 e. The van der Waals surface area contributed by atoms with Crippen LogP contribution < -0.4 is 0 Å². The second-order valence-electron chi connectivity index (χ2n) is 5.12. The lowest BCUT2D eigenvalue weighted by Gasteiger charge is -2.22. The molecule has 4 nitrogen and oxygen atoms in total. The number of ether oxygens (including phenoxy) is 2. The monoisotopic (exact) mass is 281 g/mol. The SMILES string of the molecule is CCO[C@@H]1CN(C(=O)Cc2ccsc2)[C@H]2COC[C@@H]12. The molecule has 0 spiro atoms. The molecule has 0 saturated carbocycles. The summed E-state index contributed by atoms with van der Waals surface area (Å²) in [5.41, 5.74) is 1.10. The number of thiophene rings is 1. The fourth-order valence-corrected chi connectivity index (χ4v) is 3.72. The Morgan fingerprint density at radius 1 is 1.58 bits per heavy atom. The maximum atomic E-state index is 12.4. The van der Waals surface area contributed by atoms with Gasteiger partial charge in [-0.3, -0.25) is 4.79 Å². The molecule has 1 aromatic rings. The lowest BCUT2D eigenvalue weighted by molar-refractivity contribution is -0.132. The third kappa shape index (κ3) is 2.55. The summed E-state index contributed by atoms with van der Waals surface area (Å²) in [6.45, 7) is 4.79. The van der Waals surface area contributed by atoms with Gasteiger partial charge in [-0.05, 0) is 29.3 Å². The van der Waals surface area contributed by atoms with Gasteiger partial charge in [0.15, 0.2) is 0 Å². The molecule has 2 fully saturated rings. The van der Waals surface area contributed by atoms with E-state index in [4.69, 9.17) is 9.47 Å². The molecule has 19 heavy (non-hydrogen) atoms. The Hall–Kier alpha value is -0.910. The number of carbonyl (C=O) groups is 1. The molecule has 2 aliphatic heterocycles. The zero-order chi connectivity index (χ0) is 13.2. The normalized spacial score (nSPS) is 29.7. The Labute approximate surface area is 117 Å². The van der Waals surface area contributed by atoms with E-state index >= 15 is 0 Å². The molecule has 2 aliphatic rings. The average molecular weight is 281 g/mol. The summed E-state index contributed by atoms with van der Waals surface area (Å²) >= 11 is 1.63. The summed E-state index contributed by atoms with van der Waals surface area (Å²) < 4.78 is 11.3. The Morgan fingerprint density at radius 3 is 3.21 bits per heavy atom. The van der Waals surface area contributed by atoms with Crippen LogP contribution in [0.25, 0.3) is 0 Å². The first-order valence-corrected chi connectivity index (χ1v) is 7.73. The van der Waals surface area contributed by atoms with Gasteiger partial charge in [-0.25, -0.2) is 0 Å². The van der Waals surface area contributed by atoms with Crippen LogP contribution in [0.5, 0.6) is 0 Å². The quantitative estimate of drug-likeness (QED) is 0.840. The van der Waals surface area contributed by atoms with Crippen molar-refractivity contribution in [3.05, 3.63) is 22.4 Å². The molecule has 0 aromatic carbocycles. The van der Waals surface area contributed by atoms with Gasteiger partial charge in [-0.1, -0.05) is 0 Å². The van der Waals surface area contributed by atoms with E-state index in [1.807, 2.05) is 28.7 Å². The minimum absolute atomic E-state index is 0.143. The first kappa shape index (κ1) is 13.1. The number of amides is 1. The highest BCUT2D eigenvalue weighted by molar-refractivity contribution is 7.07. The lowest BCUT2D eigenvalue weighted by atomic mass is 10.0. The molecule has 1 aromatic heterocycles. The lowest BCUT2D eigenvalue weighted by Crippen LogP contribution is -2.39. The van der Waals surface area contributed by atoms with Crippen LogP contribution in [0.15, 0.2) is 16.8 Å². The highest BCUT2D eigenvalue weighted by atomic mass is 32.1. The first-order chi connectivity index (χ1) is 9.29. The number of fused-ring (bicyclic) bond motifs is 1. The molecule has 3 atom stereocenters. The van der Waals surface area contributed by atoms with Gasteiger partial charge in [-0.15, -0.1) is 0 Å². The number of hydrogen-bond donors (Lipinski definition) is 0. The minimum atomic E-state index is 0.143. The summed E-state index contributed by atoms with van der Waals surface area (Å²) in [5, 5.41) is 4.05. The van der Waals surface area contributed by atoms with Crippen LogP contribution in [-0.2, 0) is 20.7 Å². The van der Waals surface area contributed by atoms with Crippen molar-refractivity contribution in [2.45, 2.75) is 25.5 Å². The number of likely N-dealkylation sites (tertiary alicyclic amines) is 1. The van der Waals surface area contributed by atoms with Crippen molar-refractivity contribution in [3.63, 3.8) is 0 Å². The summed E-state index contributed by atoms with van der Waals surface area (Å²) in [5.74, 6) is 0.549. The van der Waals surface area contributed by atoms with Crippen LogP contribution in [0, 0.1) is 5.92 Å². The van der Waals surface area contributed by atoms with Gasteiger partial charge >= 0.3 is 0 Å². The van der Waals surface area contributed by atoms with Crippen molar-refractivity contribution in [1.82, 2.24) is 4.90 Å². The van der Waals surface area contributed by atoms with Gasteiger partial charge in [0.1, 0.15) is 0 Å². The van der Waals surface area contributed by atoms with E-state index in [9.17, 15) is 4.79 Å². The summed E-state index contributed by atoms with van der Waals surface area (Å²) in [4.78, 5) is 14.4. The first-order valence-electron chi connectivity index (χ1n) is 6.79. The van der Waals surface area contributed by atoms with Gasteiger partial charge < -0.3 is 14.4 Å². The number of rotatable bonds is 4. The van der Waals surface area contributed by atoms with E-state index in [2.05, 4.69) is 0 Å². The van der Waals surface area contributed by atoms with Crippen LogP contribution in [0.1, 0.15) is 12.5 Å². The second-order valence-corrected chi connectivity index (χ2v) is 5.90. The Morgan fingerprint density at radius 2 is 2.47 bits per heavy atom. The standard InChI is InChI=1S/C14H19NO3S/c1-2-18-13-6-15(12-8-17-7-11(12)13)14(16)5-10-3-4-19-9-10/h3-4,9,11-13H,2,5-8H2,1H3/t11-,12+,13-/m1/s1. The summed E-state index contributed by atoms with van der Waals surface area (Å²) in [7, 11) is 0. The van der Waals surface area contributed by atoms with E-state index in [-0.39, 0.29) is 18.1 Å². The van der Waals surface area contributed by atoms with Crippen LogP contribution in [-0.4, -0.2) is 49.3 Å². The molecular formula is C14H19NO3S. The maximum absolute atomic E-state index is 12.4. The average Bonchev–Trinajstić information content (AvgIpc) is 3.07. The van der Waals surface area contributed by atoms with Crippen molar-refractivity contribution in [3.8, 4) is 0 Å². The largest absolute Gasteiger partial charge is 0.379 e. The van der Waals surface area contributed by atoms with Gasteiger partial charge in [-0.2, -0.15) is 11.3 Å². The van der Waals surface area contributed by atoms with E-state index in [0.717, 1.165) is 18.7 Å². The number of carbonyl (C=O) groups excluding carboxylic acids is 1. The predicted octanol–water partition coefficient (Wildman–Crippen LogP) is 1.55. The second kappa shape index (κ2) is 5.61. The molecule has 2 saturated heterocycles. The van der Waals surface area contributed by atoms with Crippen molar-refractivity contribution >= 4 is 17.2 Å². The molecule has 0 aliphatic carbocycles. The molecule has 0 N–H and O–H groups in total. The molecular weight excluding hydrogens is 262 g/mol. The van der Waals surface area contributed by atoms with Crippen LogP contribution in [0.2, 0.25) is 0 Å². The van der Waals surface area contributed by atoms with E-state index in [0.29, 0.717) is 25.6 Å². The third-order valence-corrected chi connectivity index (χ3v) is 4.72. The Bertz CT molecular complexity index is 434. The van der Waals surface area contributed by atoms with Gasteiger partial charge in [0.25, 0.3) is 0 Å². The predicted molar refractivity (Wildman–Crippen MR) is 73.2 cm³/mol. The van der Waals surface area contributed by atoms with Crippen molar-refractivity contribution in [2.24, 2.45) is 5.92 Å². The molecule has 3 heterocycles. The Balaban J connectivity index is 1.68. The zero-order valence-corrected chi connectivity index (χ0v) is 11.9. The molecule has 5 heteroatoms. The van der Waals surface area contributed by atoms with Gasteiger partial charge in [0, 0.05) is 19.1 Å². The maximum Gasteiger partial charge on any atom is 0.227 e. The highest BCUT2D eigenvalue weighted by Crippen LogP contribution is 2.32. The summed E-state index contributed by atoms with van der Waals surface area (Å²) in [6, 6.07) is 2.23. The Kier molecular flexibility index (Phi) is 3.86. The third-order valence-electron chi connectivity index (χ3n) is 3.98. The van der Waals surface area contributed by atoms with Gasteiger partial charge in [0.05, 0.1) is 31.8 Å².